The van der Waals surface area contributed by atoms with Crippen LogP contribution in [0.15, 0.2) is 0 Å². The maximum atomic E-state index is 5.54. The fraction of sp³-hybridized carbons (Fsp3) is 1.00. The van der Waals surface area contributed by atoms with E-state index in [1.807, 2.05) is 0 Å². The summed E-state index contributed by atoms with van der Waals surface area (Å²) < 4.78 is 0. The molecule has 0 amide bonds. The molecule has 61 valence electrons. The van der Waals surface area contributed by atoms with Crippen LogP contribution in [0.3, 0.4) is 0 Å². The van der Waals surface area contributed by atoms with Crippen LogP contribution in [-0.4, -0.2) is 37.3 Å². The van der Waals surface area contributed by atoms with Crippen molar-refractivity contribution in [1.82, 2.24) is 4.90 Å². The van der Waals surface area contributed by atoms with Crippen molar-refractivity contribution in [2.24, 2.45) is 0 Å². The predicted molar refractivity (Wildman–Crippen MR) is 48.9 cm³/mol. The van der Waals surface area contributed by atoms with Crippen molar-refractivity contribution in [1.29, 1.82) is 0 Å². The molecule has 1 nitrogen and oxygen atoms in total. The molecule has 0 saturated heterocycles. The zero-order valence-corrected chi connectivity index (χ0v) is 8.09. The first-order chi connectivity index (χ1) is 4.85. The van der Waals surface area contributed by atoms with E-state index in [-0.39, 0.29) is 0 Å². The highest BCUT2D eigenvalue weighted by atomic mass is 35.5. The van der Waals surface area contributed by atoms with Gasteiger partial charge in [0.2, 0.25) is 0 Å². The third-order valence-electron chi connectivity index (χ3n) is 1.20. The third-order valence-corrected chi connectivity index (χ3v) is 1.71. The summed E-state index contributed by atoms with van der Waals surface area (Å²) >= 11 is 16.6. The Morgan fingerprint density at radius 3 is 1.20 bits per heavy atom. The lowest BCUT2D eigenvalue weighted by Crippen LogP contribution is -2.35. The Morgan fingerprint density at radius 1 is 0.700 bits per heavy atom. The second kappa shape index (κ2) is 7.93. The Kier molecular flexibility index (Phi) is 8.59. The molecular formula is C6H12Cl3N+. The van der Waals surface area contributed by atoms with Crippen LogP contribution >= 0.6 is 34.8 Å². The minimum atomic E-state index is 0.647. The van der Waals surface area contributed by atoms with Crippen molar-refractivity contribution in [2.75, 3.05) is 37.3 Å². The molecule has 0 aliphatic rings. The lowest BCUT2D eigenvalue weighted by molar-refractivity contribution is 0.472. The van der Waals surface area contributed by atoms with Crippen LogP contribution in [0.1, 0.15) is 0 Å². The molecule has 4 heteroatoms. The summed E-state index contributed by atoms with van der Waals surface area (Å²) in [7, 11) is 0. The topological polar surface area (TPSA) is 5.90 Å². The molecule has 0 aromatic heterocycles. The molecule has 0 spiro atoms. The van der Waals surface area contributed by atoms with Crippen LogP contribution in [0.25, 0.3) is 0 Å². The maximum absolute atomic E-state index is 5.54. The van der Waals surface area contributed by atoms with Gasteiger partial charge in [-0.15, -0.1) is 34.8 Å². The van der Waals surface area contributed by atoms with E-state index >= 15 is 0 Å². The summed E-state index contributed by atoms with van der Waals surface area (Å²) in [6.45, 7) is 2.63. The SMILES string of the molecule is ClCC[N+](CCCl)CCCl. The first kappa shape index (κ1) is 10.8. The summed E-state index contributed by atoms with van der Waals surface area (Å²) in [6, 6.07) is 0. The Bertz CT molecular complexity index is 55.7. The average molecular weight is 205 g/mol. The number of hydrogen-bond acceptors (Lipinski definition) is 1. The summed E-state index contributed by atoms with van der Waals surface area (Å²) in [5.41, 5.74) is 0. The fourth-order valence-electron chi connectivity index (χ4n) is 0.694. The van der Waals surface area contributed by atoms with E-state index < -0.39 is 0 Å². The van der Waals surface area contributed by atoms with Gasteiger partial charge in [0, 0.05) is 0 Å². The molecule has 0 aromatic rings. The molecule has 0 fully saturated rings. The maximum Gasteiger partial charge on any atom is 0.136 e. The van der Waals surface area contributed by atoms with Crippen LogP contribution in [0.5, 0.6) is 0 Å². The Balaban J connectivity index is 3.30. The van der Waals surface area contributed by atoms with Gasteiger partial charge in [-0.05, 0) is 0 Å². The van der Waals surface area contributed by atoms with Crippen molar-refractivity contribution in [3.63, 3.8) is 0 Å². The lowest BCUT2D eigenvalue weighted by Gasteiger charge is -2.06. The second-order valence-electron chi connectivity index (χ2n) is 1.91. The van der Waals surface area contributed by atoms with Crippen LogP contribution in [0.2, 0.25) is 0 Å². The Labute approximate surface area is 77.2 Å². The zero-order valence-electron chi connectivity index (χ0n) is 5.82. The second-order valence-corrected chi connectivity index (χ2v) is 3.04. The highest BCUT2D eigenvalue weighted by Gasteiger charge is 2.10. The monoisotopic (exact) mass is 203 g/mol. The third kappa shape index (κ3) is 5.60. The highest BCUT2D eigenvalue weighted by molar-refractivity contribution is 6.18. The number of hydrogen-bond donors (Lipinski definition) is 0. The molecule has 1 radical (unpaired) electrons. The molecule has 0 rings (SSSR count). The number of alkyl halides is 3. The van der Waals surface area contributed by atoms with Gasteiger partial charge in [0.25, 0.3) is 0 Å². The zero-order chi connectivity index (χ0) is 7.82. The lowest BCUT2D eigenvalue weighted by atomic mass is 10.5. The largest absolute Gasteiger partial charge is 0.166 e. The normalized spacial score (nSPS) is 10.8. The van der Waals surface area contributed by atoms with Gasteiger partial charge < -0.3 is 0 Å². The molecule has 10 heavy (non-hydrogen) atoms. The van der Waals surface area contributed by atoms with Crippen molar-refractivity contribution in [3.8, 4) is 0 Å². The minimum Gasteiger partial charge on any atom is -0.166 e. The van der Waals surface area contributed by atoms with Gasteiger partial charge in [0.05, 0.1) is 17.6 Å². The molecule has 0 aromatic carbocycles. The van der Waals surface area contributed by atoms with Crippen LogP contribution < -0.4 is 4.90 Å². The number of nitrogens with zero attached hydrogens (tertiary/aromatic N) is 1. The van der Waals surface area contributed by atoms with Gasteiger partial charge in [-0.3, -0.25) is 0 Å². The molecule has 0 bridgehead atoms. The standard InChI is InChI=1S/C6H12Cl3N/c7-1-4-10(5-2-8)6-3-9/h1-6H2/q+1. The summed E-state index contributed by atoms with van der Waals surface area (Å²) in [5, 5.41) is 0. The highest BCUT2D eigenvalue weighted by Crippen LogP contribution is 1.88. The number of rotatable bonds is 6. The average Bonchev–Trinajstić information content (AvgIpc) is 1.90. The summed E-state index contributed by atoms with van der Waals surface area (Å²) in [4.78, 5) is 2.15. The van der Waals surface area contributed by atoms with Crippen molar-refractivity contribution in [3.05, 3.63) is 0 Å². The molecule has 0 heterocycles. The molecule has 0 unspecified atom stereocenters. The molecular weight excluding hydrogens is 192 g/mol. The number of halogens is 3. The Morgan fingerprint density at radius 2 is 1.00 bits per heavy atom. The van der Waals surface area contributed by atoms with Crippen molar-refractivity contribution >= 4 is 34.8 Å². The van der Waals surface area contributed by atoms with E-state index in [9.17, 15) is 0 Å². The van der Waals surface area contributed by atoms with Gasteiger partial charge in [-0.25, -0.2) is 0 Å². The quantitative estimate of drug-likeness (QED) is 0.460. The minimum absolute atomic E-state index is 0.647. The van der Waals surface area contributed by atoms with E-state index in [0.29, 0.717) is 17.6 Å². The van der Waals surface area contributed by atoms with Gasteiger partial charge >= 0.3 is 0 Å². The first-order valence-corrected chi connectivity index (χ1v) is 4.85. The van der Waals surface area contributed by atoms with E-state index in [1.165, 1.54) is 0 Å². The molecule has 0 N–H and O–H groups in total. The van der Waals surface area contributed by atoms with E-state index in [2.05, 4.69) is 4.90 Å². The molecule has 0 aliphatic carbocycles. The summed E-state index contributed by atoms with van der Waals surface area (Å²) in [5.74, 6) is 1.94. The molecule has 0 atom stereocenters. The Hall–Kier alpha value is 0.830. The van der Waals surface area contributed by atoms with Crippen LogP contribution in [-0.2, 0) is 0 Å². The molecule has 0 aliphatic heterocycles. The summed E-state index contributed by atoms with van der Waals surface area (Å²) in [6.07, 6.45) is 0. The van der Waals surface area contributed by atoms with Gasteiger partial charge in [-0.1, -0.05) is 0 Å². The van der Waals surface area contributed by atoms with E-state index in [0.717, 1.165) is 19.6 Å². The van der Waals surface area contributed by atoms with E-state index in [1.54, 1.807) is 0 Å². The van der Waals surface area contributed by atoms with Gasteiger partial charge in [0.15, 0.2) is 0 Å². The van der Waals surface area contributed by atoms with Gasteiger partial charge in [-0.2, -0.15) is 4.90 Å². The smallest absolute Gasteiger partial charge is 0.136 e. The van der Waals surface area contributed by atoms with Crippen molar-refractivity contribution < 1.29 is 0 Å². The fourth-order valence-corrected chi connectivity index (χ4v) is 1.41. The van der Waals surface area contributed by atoms with Crippen molar-refractivity contribution in [2.45, 2.75) is 0 Å². The first-order valence-electron chi connectivity index (χ1n) is 3.25. The van der Waals surface area contributed by atoms with Crippen LogP contribution in [0, 0.1) is 0 Å². The van der Waals surface area contributed by atoms with Crippen LogP contribution in [0.4, 0.5) is 0 Å². The van der Waals surface area contributed by atoms with E-state index in [4.69, 9.17) is 34.8 Å². The predicted octanol–water partition coefficient (Wildman–Crippen LogP) is 1.84. The molecule has 0 saturated carbocycles. The van der Waals surface area contributed by atoms with Gasteiger partial charge in [0.1, 0.15) is 19.6 Å².